The highest BCUT2D eigenvalue weighted by Gasteiger charge is 2.26. The van der Waals surface area contributed by atoms with Crippen LogP contribution in [0.2, 0.25) is 0 Å². The van der Waals surface area contributed by atoms with Crippen LogP contribution in [0.25, 0.3) is 0 Å². The van der Waals surface area contributed by atoms with Crippen LogP contribution in [0.5, 0.6) is 11.5 Å². The van der Waals surface area contributed by atoms with E-state index in [1.807, 2.05) is 19.1 Å². The van der Waals surface area contributed by atoms with Gasteiger partial charge in [0.05, 0.1) is 19.8 Å². The average molecular weight is 279 g/mol. The molecule has 1 aliphatic heterocycles. The number of benzene rings is 1. The van der Waals surface area contributed by atoms with E-state index >= 15 is 0 Å². The fraction of sp³-hybridized carbons (Fsp3) is 0.625. The molecule has 1 fully saturated rings. The highest BCUT2D eigenvalue weighted by atomic mass is 16.5. The Labute approximate surface area is 121 Å². The molecule has 0 amide bonds. The van der Waals surface area contributed by atoms with Crippen LogP contribution in [0.3, 0.4) is 0 Å². The molecule has 2 atom stereocenters. The van der Waals surface area contributed by atoms with Crippen molar-refractivity contribution in [3.05, 3.63) is 23.8 Å². The van der Waals surface area contributed by atoms with Gasteiger partial charge in [-0.1, -0.05) is 6.07 Å². The fourth-order valence-electron chi connectivity index (χ4n) is 2.82. The summed E-state index contributed by atoms with van der Waals surface area (Å²) in [6.07, 6.45) is 1.52. The molecular weight excluding hydrogens is 254 g/mol. The lowest BCUT2D eigenvalue weighted by molar-refractivity contribution is 0.0366. The van der Waals surface area contributed by atoms with Crippen molar-refractivity contribution in [1.29, 1.82) is 0 Å². The zero-order chi connectivity index (χ0) is 14.5. The Bertz CT molecular complexity index is 436. The van der Waals surface area contributed by atoms with Gasteiger partial charge in [0.1, 0.15) is 0 Å². The second-order valence-corrected chi connectivity index (χ2v) is 5.50. The van der Waals surface area contributed by atoms with Crippen LogP contribution >= 0.6 is 0 Å². The lowest BCUT2D eigenvalue weighted by atomic mass is 9.89. The molecule has 4 nitrogen and oxygen atoms in total. The Kier molecular flexibility index (Phi) is 5.26. The Hall–Kier alpha value is -1.26. The molecule has 20 heavy (non-hydrogen) atoms. The zero-order valence-corrected chi connectivity index (χ0v) is 12.6. The molecule has 1 N–H and O–H groups in total. The third-order valence-electron chi connectivity index (χ3n) is 3.92. The minimum atomic E-state index is -0.205. The predicted molar refractivity (Wildman–Crippen MR) is 79.5 cm³/mol. The molecule has 0 spiro atoms. The largest absolute Gasteiger partial charge is 0.493 e. The van der Waals surface area contributed by atoms with Crippen molar-refractivity contribution in [1.82, 2.24) is 4.90 Å². The van der Waals surface area contributed by atoms with Crippen molar-refractivity contribution >= 4 is 0 Å². The number of aliphatic hydroxyl groups is 1. The number of hydrogen-bond acceptors (Lipinski definition) is 4. The summed E-state index contributed by atoms with van der Waals surface area (Å²) in [5, 5.41) is 10.1. The Morgan fingerprint density at radius 3 is 2.85 bits per heavy atom. The number of likely N-dealkylation sites (tertiary alicyclic amines) is 1. The summed E-state index contributed by atoms with van der Waals surface area (Å²) in [5.41, 5.74) is 1.19. The summed E-state index contributed by atoms with van der Waals surface area (Å²) in [4.78, 5) is 2.28. The number of hydrogen-bond donors (Lipinski definition) is 1. The molecule has 0 aromatic heterocycles. The number of nitrogens with zero attached hydrogens (tertiary/aromatic N) is 1. The maximum Gasteiger partial charge on any atom is 0.161 e. The number of piperidine rings is 1. The number of rotatable bonds is 5. The quantitative estimate of drug-likeness (QED) is 0.894. The first-order chi connectivity index (χ1) is 9.63. The normalized spacial score (nSPS) is 23.6. The van der Waals surface area contributed by atoms with Crippen LogP contribution in [0.1, 0.15) is 18.9 Å². The van der Waals surface area contributed by atoms with E-state index in [4.69, 9.17) is 9.47 Å². The highest BCUT2D eigenvalue weighted by Crippen LogP contribution is 2.30. The molecule has 2 unspecified atom stereocenters. The molecule has 1 heterocycles. The smallest absolute Gasteiger partial charge is 0.161 e. The first-order valence-corrected chi connectivity index (χ1v) is 7.30. The van der Waals surface area contributed by atoms with Crippen molar-refractivity contribution in [2.45, 2.75) is 25.9 Å². The first kappa shape index (κ1) is 15.1. The van der Waals surface area contributed by atoms with Gasteiger partial charge in [-0.3, -0.25) is 0 Å². The molecule has 0 aliphatic carbocycles. The average Bonchev–Trinajstić information content (AvgIpc) is 2.44. The minimum Gasteiger partial charge on any atom is -0.493 e. The van der Waals surface area contributed by atoms with Crippen molar-refractivity contribution in [3.63, 3.8) is 0 Å². The molecule has 4 heteroatoms. The molecule has 1 aromatic rings. The standard InChI is InChI=1S/C16H25NO3/c1-4-20-16-10-12(5-6-15(16)19-3)9-13-11-17(2)8-7-14(13)18/h5-6,10,13-14,18H,4,7-9,11H2,1-3H3. The van der Waals surface area contributed by atoms with Gasteiger partial charge < -0.3 is 19.5 Å². The third kappa shape index (κ3) is 3.64. The van der Waals surface area contributed by atoms with Crippen LogP contribution in [0.15, 0.2) is 18.2 Å². The third-order valence-corrected chi connectivity index (χ3v) is 3.92. The lowest BCUT2D eigenvalue weighted by Gasteiger charge is -2.34. The molecular formula is C16H25NO3. The van der Waals surface area contributed by atoms with Crippen LogP contribution in [0.4, 0.5) is 0 Å². The monoisotopic (exact) mass is 279 g/mol. The molecule has 1 aromatic carbocycles. The maximum atomic E-state index is 10.1. The molecule has 1 saturated heterocycles. The van der Waals surface area contributed by atoms with E-state index in [1.165, 1.54) is 5.56 Å². The Balaban J connectivity index is 2.10. The molecule has 112 valence electrons. The van der Waals surface area contributed by atoms with Crippen LogP contribution in [0, 0.1) is 5.92 Å². The SMILES string of the molecule is CCOc1cc(CC2CN(C)CCC2O)ccc1OC. The van der Waals surface area contributed by atoms with Gasteiger partial charge in [-0.2, -0.15) is 0 Å². The predicted octanol–water partition coefficient (Wildman–Crippen LogP) is 1.95. The lowest BCUT2D eigenvalue weighted by Crippen LogP contribution is -2.41. The molecule has 0 radical (unpaired) electrons. The Morgan fingerprint density at radius 2 is 2.15 bits per heavy atom. The van der Waals surface area contributed by atoms with Gasteiger partial charge in [-0.05, 0) is 44.5 Å². The summed E-state index contributed by atoms with van der Waals surface area (Å²) in [6.45, 7) is 4.50. The summed E-state index contributed by atoms with van der Waals surface area (Å²) in [5.74, 6) is 1.83. The molecule has 0 bridgehead atoms. The topological polar surface area (TPSA) is 41.9 Å². The van der Waals surface area contributed by atoms with Gasteiger partial charge in [0.2, 0.25) is 0 Å². The molecule has 0 saturated carbocycles. The van der Waals surface area contributed by atoms with Crippen LogP contribution in [-0.2, 0) is 6.42 Å². The van der Waals surface area contributed by atoms with Crippen LogP contribution < -0.4 is 9.47 Å². The van der Waals surface area contributed by atoms with Gasteiger partial charge in [-0.15, -0.1) is 0 Å². The van der Waals surface area contributed by atoms with Crippen molar-refractivity contribution < 1.29 is 14.6 Å². The van der Waals surface area contributed by atoms with E-state index in [9.17, 15) is 5.11 Å². The zero-order valence-electron chi connectivity index (χ0n) is 12.6. The second kappa shape index (κ2) is 6.95. The number of methoxy groups -OCH3 is 1. The molecule has 1 aliphatic rings. The van der Waals surface area contributed by atoms with E-state index in [0.717, 1.165) is 37.4 Å². The van der Waals surface area contributed by atoms with Gasteiger partial charge in [-0.25, -0.2) is 0 Å². The fourth-order valence-corrected chi connectivity index (χ4v) is 2.82. The highest BCUT2D eigenvalue weighted by molar-refractivity contribution is 5.43. The summed E-state index contributed by atoms with van der Waals surface area (Å²) >= 11 is 0. The van der Waals surface area contributed by atoms with E-state index < -0.39 is 0 Å². The Morgan fingerprint density at radius 1 is 1.35 bits per heavy atom. The minimum absolute atomic E-state index is 0.205. The summed E-state index contributed by atoms with van der Waals surface area (Å²) in [7, 11) is 3.76. The summed E-state index contributed by atoms with van der Waals surface area (Å²) in [6, 6.07) is 6.03. The number of aliphatic hydroxyl groups excluding tert-OH is 1. The van der Waals surface area contributed by atoms with Crippen LogP contribution in [-0.4, -0.2) is 50.0 Å². The second-order valence-electron chi connectivity index (χ2n) is 5.50. The van der Waals surface area contributed by atoms with Gasteiger partial charge in [0.25, 0.3) is 0 Å². The summed E-state index contributed by atoms with van der Waals surface area (Å²) < 4.78 is 10.9. The van der Waals surface area contributed by atoms with E-state index in [0.29, 0.717) is 6.61 Å². The van der Waals surface area contributed by atoms with Crippen molar-refractivity contribution in [3.8, 4) is 11.5 Å². The van der Waals surface area contributed by atoms with Gasteiger partial charge in [0, 0.05) is 19.0 Å². The van der Waals surface area contributed by atoms with Gasteiger partial charge in [0.15, 0.2) is 11.5 Å². The molecule has 2 rings (SSSR count). The van der Waals surface area contributed by atoms with Crippen molar-refractivity contribution in [2.24, 2.45) is 5.92 Å². The van der Waals surface area contributed by atoms with Crippen molar-refractivity contribution in [2.75, 3.05) is 33.9 Å². The van der Waals surface area contributed by atoms with E-state index in [-0.39, 0.29) is 12.0 Å². The maximum absolute atomic E-state index is 10.1. The first-order valence-electron chi connectivity index (χ1n) is 7.30. The number of ether oxygens (including phenoxy) is 2. The van der Waals surface area contributed by atoms with Gasteiger partial charge >= 0.3 is 0 Å². The van der Waals surface area contributed by atoms with E-state index in [2.05, 4.69) is 18.0 Å². The van der Waals surface area contributed by atoms with E-state index in [1.54, 1.807) is 7.11 Å².